The standard InChI is InChI=1S/C22H28O4S2/c1-3-23-12-14-25-19-11-10-18(16-20(19)26-15-13-24-4-2)22(28)21(27)17-8-6-5-7-9-17/h5-11,16,27-28H,3-4,12-15H2,1-2H3/b22-21-. The van der Waals surface area contributed by atoms with Crippen LogP contribution in [-0.4, -0.2) is 39.6 Å². The van der Waals surface area contributed by atoms with Crippen LogP contribution in [0.5, 0.6) is 11.5 Å². The van der Waals surface area contributed by atoms with Crippen LogP contribution in [0.1, 0.15) is 25.0 Å². The smallest absolute Gasteiger partial charge is 0.161 e. The van der Waals surface area contributed by atoms with Crippen molar-refractivity contribution in [2.75, 3.05) is 39.6 Å². The maximum atomic E-state index is 5.90. The Morgan fingerprint density at radius 1 is 0.679 bits per heavy atom. The Hall–Kier alpha value is -1.60. The molecule has 0 spiro atoms. The monoisotopic (exact) mass is 420 g/mol. The van der Waals surface area contributed by atoms with Crippen molar-refractivity contribution in [2.45, 2.75) is 13.8 Å². The summed E-state index contributed by atoms with van der Waals surface area (Å²) in [5, 5.41) is 0. The quantitative estimate of drug-likeness (QED) is 0.281. The van der Waals surface area contributed by atoms with Crippen molar-refractivity contribution in [3.63, 3.8) is 0 Å². The van der Waals surface area contributed by atoms with Gasteiger partial charge < -0.3 is 18.9 Å². The minimum atomic E-state index is 0.442. The number of benzene rings is 2. The summed E-state index contributed by atoms with van der Waals surface area (Å²) in [6, 6.07) is 15.7. The molecule has 0 atom stereocenters. The first kappa shape index (κ1) is 22.7. The molecule has 0 saturated carbocycles. The van der Waals surface area contributed by atoms with E-state index in [-0.39, 0.29) is 0 Å². The molecule has 0 amide bonds. The molecule has 2 rings (SSSR count). The molecule has 0 aromatic heterocycles. The SMILES string of the molecule is CCOCCOc1ccc(/C(S)=C(/S)c2ccccc2)cc1OCCOCC. The maximum Gasteiger partial charge on any atom is 0.161 e. The third-order valence-electron chi connectivity index (χ3n) is 3.87. The zero-order chi connectivity index (χ0) is 20.2. The van der Waals surface area contributed by atoms with Crippen LogP contribution in [0.3, 0.4) is 0 Å². The summed E-state index contributed by atoms with van der Waals surface area (Å²) in [6.45, 7) is 7.19. The van der Waals surface area contributed by atoms with Crippen molar-refractivity contribution in [1.29, 1.82) is 0 Å². The topological polar surface area (TPSA) is 36.9 Å². The Morgan fingerprint density at radius 3 is 1.86 bits per heavy atom. The van der Waals surface area contributed by atoms with Crippen molar-refractivity contribution in [3.05, 3.63) is 59.7 Å². The van der Waals surface area contributed by atoms with Crippen LogP contribution in [0.25, 0.3) is 9.81 Å². The number of rotatable bonds is 12. The van der Waals surface area contributed by atoms with Gasteiger partial charge in [0.25, 0.3) is 0 Å². The molecule has 28 heavy (non-hydrogen) atoms. The molecule has 0 aliphatic carbocycles. The summed E-state index contributed by atoms with van der Waals surface area (Å²) in [4.78, 5) is 1.57. The molecule has 152 valence electrons. The van der Waals surface area contributed by atoms with E-state index in [4.69, 9.17) is 31.6 Å². The van der Waals surface area contributed by atoms with E-state index < -0.39 is 0 Å². The lowest BCUT2D eigenvalue weighted by molar-refractivity contribution is 0.0999. The van der Waals surface area contributed by atoms with E-state index >= 15 is 0 Å². The van der Waals surface area contributed by atoms with Gasteiger partial charge in [-0.2, -0.15) is 0 Å². The van der Waals surface area contributed by atoms with Crippen LogP contribution in [0.4, 0.5) is 0 Å². The van der Waals surface area contributed by atoms with Gasteiger partial charge in [0.2, 0.25) is 0 Å². The summed E-state index contributed by atoms with van der Waals surface area (Å²) in [7, 11) is 0. The van der Waals surface area contributed by atoms with Crippen LogP contribution in [0, 0.1) is 0 Å². The lowest BCUT2D eigenvalue weighted by Crippen LogP contribution is -2.10. The molecule has 6 heteroatoms. The molecular weight excluding hydrogens is 392 g/mol. The first-order valence-electron chi connectivity index (χ1n) is 9.40. The minimum Gasteiger partial charge on any atom is -0.487 e. The number of hydrogen-bond donors (Lipinski definition) is 2. The fourth-order valence-electron chi connectivity index (χ4n) is 2.47. The molecule has 0 saturated heterocycles. The van der Waals surface area contributed by atoms with E-state index in [1.165, 1.54) is 0 Å². The second-order valence-electron chi connectivity index (χ2n) is 5.82. The van der Waals surface area contributed by atoms with Crippen molar-refractivity contribution in [1.82, 2.24) is 0 Å². The van der Waals surface area contributed by atoms with Crippen molar-refractivity contribution >= 4 is 35.1 Å². The van der Waals surface area contributed by atoms with Gasteiger partial charge in [0.15, 0.2) is 11.5 Å². The van der Waals surface area contributed by atoms with E-state index in [1.807, 2.05) is 62.4 Å². The summed E-state index contributed by atoms with van der Waals surface area (Å²) in [5.41, 5.74) is 1.91. The Bertz CT molecular complexity index is 747. The lowest BCUT2D eigenvalue weighted by Gasteiger charge is -2.15. The highest BCUT2D eigenvalue weighted by molar-refractivity contribution is 7.96. The van der Waals surface area contributed by atoms with Crippen LogP contribution in [-0.2, 0) is 9.47 Å². The highest BCUT2D eigenvalue weighted by atomic mass is 32.1. The summed E-state index contributed by atoms with van der Waals surface area (Å²) >= 11 is 9.35. The van der Waals surface area contributed by atoms with Gasteiger partial charge in [0.1, 0.15) is 13.2 Å². The van der Waals surface area contributed by atoms with Gasteiger partial charge in [-0.05, 0) is 43.2 Å². The Balaban J connectivity index is 2.22. The maximum absolute atomic E-state index is 5.90. The summed E-state index contributed by atoms with van der Waals surface area (Å²) < 4.78 is 22.4. The van der Waals surface area contributed by atoms with E-state index in [9.17, 15) is 0 Å². The van der Waals surface area contributed by atoms with Gasteiger partial charge in [0.05, 0.1) is 13.2 Å². The molecule has 0 fully saturated rings. The second kappa shape index (κ2) is 12.8. The molecule has 0 aliphatic heterocycles. The van der Waals surface area contributed by atoms with Crippen LogP contribution < -0.4 is 9.47 Å². The number of ether oxygens (including phenoxy) is 4. The fourth-order valence-corrected chi connectivity index (χ4v) is 3.01. The highest BCUT2D eigenvalue weighted by Gasteiger charge is 2.11. The van der Waals surface area contributed by atoms with Gasteiger partial charge in [-0.25, -0.2) is 0 Å². The Labute approximate surface area is 178 Å². The normalized spacial score (nSPS) is 11.9. The molecule has 0 aliphatic rings. The van der Waals surface area contributed by atoms with Crippen molar-refractivity contribution in [2.24, 2.45) is 0 Å². The third-order valence-corrected chi connectivity index (χ3v) is 5.01. The molecule has 0 N–H and O–H groups in total. The van der Waals surface area contributed by atoms with Crippen LogP contribution in [0.15, 0.2) is 48.5 Å². The van der Waals surface area contributed by atoms with Gasteiger partial charge in [-0.15, -0.1) is 25.3 Å². The van der Waals surface area contributed by atoms with Gasteiger partial charge >= 0.3 is 0 Å². The predicted molar refractivity (Wildman–Crippen MR) is 122 cm³/mol. The average molecular weight is 421 g/mol. The molecular formula is C22H28O4S2. The number of thiol groups is 2. The highest BCUT2D eigenvalue weighted by Crippen LogP contribution is 2.36. The van der Waals surface area contributed by atoms with E-state index in [1.54, 1.807) is 0 Å². The third kappa shape index (κ3) is 7.09. The predicted octanol–water partition coefficient (Wildman–Crippen LogP) is 5.20. The van der Waals surface area contributed by atoms with Gasteiger partial charge in [-0.3, -0.25) is 0 Å². The molecule has 0 unspecified atom stereocenters. The summed E-state index contributed by atoms with van der Waals surface area (Å²) in [6.07, 6.45) is 0. The van der Waals surface area contributed by atoms with Gasteiger partial charge in [-0.1, -0.05) is 30.3 Å². The largest absolute Gasteiger partial charge is 0.487 e. The van der Waals surface area contributed by atoms with Crippen LogP contribution in [0.2, 0.25) is 0 Å². The Morgan fingerprint density at radius 2 is 1.25 bits per heavy atom. The second-order valence-corrected chi connectivity index (χ2v) is 6.71. The lowest BCUT2D eigenvalue weighted by atomic mass is 10.1. The zero-order valence-electron chi connectivity index (χ0n) is 16.4. The zero-order valence-corrected chi connectivity index (χ0v) is 18.2. The average Bonchev–Trinajstić information content (AvgIpc) is 2.74. The van der Waals surface area contributed by atoms with Crippen molar-refractivity contribution in [3.8, 4) is 11.5 Å². The van der Waals surface area contributed by atoms with Crippen LogP contribution >= 0.6 is 25.3 Å². The first-order valence-corrected chi connectivity index (χ1v) is 10.3. The summed E-state index contributed by atoms with van der Waals surface area (Å²) in [5.74, 6) is 1.32. The van der Waals surface area contributed by atoms with E-state index in [2.05, 4.69) is 12.6 Å². The molecule has 4 nitrogen and oxygen atoms in total. The van der Waals surface area contributed by atoms with Gasteiger partial charge in [0, 0.05) is 23.0 Å². The number of hydrogen-bond acceptors (Lipinski definition) is 6. The molecule has 0 heterocycles. The Kier molecular flexibility index (Phi) is 10.4. The van der Waals surface area contributed by atoms with E-state index in [0.29, 0.717) is 51.1 Å². The molecule has 2 aromatic carbocycles. The molecule has 0 bridgehead atoms. The minimum absolute atomic E-state index is 0.442. The molecule has 2 aromatic rings. The first-order chi connectivity index (χ1) is 13.7. The van der Waals surface area contributed by atoms with Crippen molar-refractivity contribution < 1.29 is 18.9 Å². The fraction of sp³-hybridized carbons (Fsp3) is 0.364. The molecule has 0 radical (unpaired) electrons. The van der Waals surface area contributed by atoms with E-state index in [0.717, 1.165) is 20.9 Å².